The van der Waals surface area contributed by atoms with Crippen LogP contribution < -0.4 is 0 Å². The first-order chi connectivity index (χ1) is 9.38. The fourth-order valence-corrected chi connectivity index (χ4v) is 3.35. The van der Waals surface area contributed by atoms with E-state index in [-0.39, 0.29) is 5.90 Å². The quantitative estimate of drug-likeness (QED) is 0.826. The van der Waals surface area contributed by atoms with Crippen molar-refractivity contribution in [3.63, 3.8) is 0 Å². The van der Waals surface area contributed by atoms with E-state index in [1.807, 2.05) is 25.1 Å². The maximum Gasteiger partial charge on any atom is 0.214 e. The van der Waals surface area contributed by atoms with Crippen LogP contribution in [0.25, 0.3) is 0 Å². The average Bonchev–Trinajstić information content (AvgIpc) is 2.56. The lowest BCUT2D eigenvalue weighted by Gasteiger charge is -2.47. The molecule has 2 rings (SSSR count). The van der Waals surface area contributed by atoms with E-state index in [2.05, 4.69) is 0 Å². The monoisotopic (exact) mass is 272 g/mol. The zero-order chi connectivity index (χ0) is 15.2. The Morgan fingerprint density at radius 2 is 1.85 bits per heavy atom. The molecule has 0 radical (unpaired) electrons. The number of ether oxygens (including phenoxy) is 2. The van der Waals surface area contributed by atoms with Gasteiger partial charge in [-0.15, -0.1) is 0 Å². The maximum absolute atomic E-state index is 9.68. The summed E-state index contributed by atoms with van der Waals surface area (Å²) in [5.74, 6) is -2.04. The molecule has 4 unspecified atom stereocenters. The van der Waals surface area contributed by atoms with Gasteiger partial charge in [0, 0.05) is 6.92 Å². The van der Waals surface area contributed by atoms with Crippen molar-refractivity contribution in [1.82, 2.24) is 0 Å². The molecule has 0 aromatic carbocycles. The van der Waals surface area contributed by atoms with Crippen LogP contribution in [0.1, 0.15) is 33.6 Å². The van der Waals surface area contributed by atoms with Crippen molar-refractivity contribution in [2.45, 2.75) is 45.5 Å². The molecule has 6 heteroatoms. The summed E-state index contributed by atoms with van der Waals surface area (Å²) >= 11 is 0. The molecule has 4 atom stereocenters. The van der Waals surface area contributed by atoms with Gasteiger partial charge in [0.25, 0.3) is 0 Å². The Morgan fingerprint density at radius 1 is 1.25 bits per heavy atom. The van der Waals surface area contributed by atoms with Crippen LogP contribution in [0.4, 0.5) is 0 Å². The van der Waals surface area contributed by atoms with Crippen molar-refractivity contribution in [2.75, 3.05) is 0 Å². The number of nitrogens with zero attached hydrogens (tertiary/aromatic N) is 3. The number of hydrogen-bond acceptors (Lipinski definition) is 6. The van der Waals surface area contributed by atoms with Gasteiger partial charge in [0.05, 0.1) is 30.2 Å². The minimum Gasteiger partial charge on any atom is -0.448 e. The van der Waals surface area contributed by atoms with Gasteiger partial charge in [-0.25, -0.2) is 0 Å². The maximum atomic E-state index is 9.68. The van der Waals surface area contributed by atoms with Gasteiger partial charge in [-0.2, -0.15) is 15.8 Å². The summed E-state index contributed by atoms with van der Waals surface area (Å²) in [6.45, 7) is 5.26. The van der Waals surface area contributed by atoms with Gasteiger partial charge < -0.3 is 9.47 Å². The van der Waals surface area contributed by atoms with Gasteiger partial charge in [-0.3, -0.25) is 5.41 Å². The van der Waals surface area contributed by atoms with Crippen LogP contribution in [0, 0.1) is 56.2 Å². The van der Waals surface area contributed by atoms with E-state index in [0.29, 0.717) is 12.8 Å². The van der Waals surface area contributed by atoms with Gasteiger partial charge in [0.15, 0.2) is 10.8 Å². The Morgan fingerprint density at radius 3 is 2.30 bits per heavy atom. The number of nitriles is 3. The van der Waals surface area contributed by atoms with E-state index in [0.717, 1.165) is 0 Å². The second-order valence-corrected chi connectivity index (χ2v) is 5.52. The van der Waals surface area contributed by atoms with Crippen LogP contribution in [-0.4, -0.2) is 17.8 Å². The van der Waals surface area contributed by atoms with Gasteiger partial charge >= 0.3 is 0 Å². The van der Waals surface area contributed by atoms with Crippen molar-refractivity contribution in [3.05, 3.63) is 0 Å². The van der Waals surface area contributed by atoms with Gasteiger partial charge in [-0.1, -0.05) is 20.3 Å². The summed E-state index contributed by atoms with van der Waals surface area (Å²) in [5, 5.41) is 37.0. The van der Waals surface area contributed by atoms with E-state index >= 15 is 0 Å². The molecule has 0 spiro atoms. The van der Waals surface area contributed by atoms with Crippen LogP contribution in [0.15, 0.2) is 0 Å². The van der Waals surface area contributed by atoms with Crippen molar-refractivity contribution in [1.29, 1.82) is 21.2 Å². The molecule has 2 aliphatic heterocycles. The standard InChI is InChI=1S/C14H16N4O2/c1-4-5-10-13(6-15,7-16)14(8-17)9(2)12(3,19-10)20-11(14)18/h9-10,18H,4-5H2,1-3H3. The molecule has 2 fully saturated rings. The van der Waals surface area contributed by atoms with Crippen LogP contribution in [-0.2, 0) is 9.47 Å². The molecule has 0 saturated carbocycles. The van der Waals surface area contributed by atoms with Crippen LogP contribution >= 0.6 is 0 Å². The molecule has 0 aromatic rings. The highest BCUT2D eigenvalue weighted by Gasteiger charge is 2.77. The zero-order valence-electron chi connectivity index (χ0n) is 11.7. The molecular weight excluding hydrogens is 256 g/mol. The molecule has 104 valence electrons. The Bertz CT molecular complexity index is 567. The normalized spacial score (nSPS) is 41.1. The van der Waals surface area contributed by atoms with E-state index in [9.17, 15) is 15.8 Å². The van der Waals surface area contributed by atoms with Crippen LogP contribution in [0.5, 0.6) is 0 Å². The van der Waals surface area contributed by atoms with E-state index in [1.54, 1.807) is 13.8 Å². The molecule has 2 bridgehead atoms. The lowest BCUT2D eigenvalue weighted by Crippen LogP contribution is -2.61. The second kappa shape index (κ2) is 4.20. The molecule has 20 heavy (non-hydrogen) atoms. The highest BCUT2D eigenvalue weighted by atomic mass is 16.7. The lowest BCUT2D eigenvalue weighted by atomic mass is 9.54. The predicted octanol–water partition coefficient (Wildman–Crippen LogP) is 2.09. The van der Waals surface area contributed by atoms with Gasteiger partial charge in [0.1, 0.15) is 0 Å². The fourth-order valence-electron chi connectivity index (χ4n) is 3.35. The SMILES string of the molecule is CCCC1OC2(C)OC(=N)C(C#N)(C2C)C1(C#N)C#N. The highest BCUT2D eigenvalue weighted by molar-refractivity contribution is 5.89. The number of hydrogen-bond donors (Lipinski definition) is 1. The second-order valence-electron chi connectivity index (χ2n) is 5.52. The Labute approximate surface area is 118 Å². The summed E-state index contributed by atoms with van der Waals surface area (Å²) in [4.78, 5) is 0. The van der Waals surface area contributed by atoms with E-state index in [1.165, 1.54) is 0 Å². The lowest BCUT2D eigenvalue weighted by molar-refractivity contribution is -0.266. The predicted molar refractivity (Wildman–Crippen MR) is 67.9 cm³/mol. The Balaban J connectivity index is 2.75. The summed E-state index contributed by atoms with van der Waals surface area (Å²) in [6.07, 6.45) is 0.421. The molecular formula is C14H16N4O2. The first-order valence-corrected chi connectivity index (χ1v) is 6.58. The summed E-state index contributed by atoms with van der Waals surface area (Å²) < 4.78 is 11.3. The number of rotatable bonds is 2. The smallest absolute Gasteiger partial charge is 0.214 e. The molecule has 1 N–H and O–H groups in total. The van der Waals surface area contributed by atoms with Crippen LogP contribution in [0.2, 0.25) is 0 Å². The third-order valence-electron chi connectivity index (χ3n) is 4.66. The molecule has 2 heterocycles. The molecule has 0 aromatic heterocycles. The zero-order valence-corrected chi connectivity index (χ0v) is 11.7. The summed E-state index contributed by atoms with van der Waals surface area (Å²) in [7, 11) is 0. The number of nitrogens with one attached hydrogen (secondary N) is 1. The third-order valence-corrected chi connectivity index (χ3v) is 4.66. The Hall–Kier alpha value is -2.10. The Kier molecular flexibility index (Phi) is 3.00. The molecule has 2 saturated heterocycles. The largest absolute Gasteiger partial charge is 0.448 e. The number of fused-ring (bicyclic) bond motifs is 2. The van der Waals surface area contributed by atoms with E-state index in [4.69, 9.17) is 14.9 Å². The summed E-state index contributed by atoms with van der Waals surface area (Å²) in [6, 6.07) is 5.98. The molecule has 0 aliphatic carbocycles. The summed E-state index contributed by atoms with van der Waals surface area (Å²) in [5.41, 5.74) is -3.30. The molecule has 0 amide bonds. The van der Waals surface area contributed by atoms with Crippen molar-refractivity contribution in [3.8, 4) is 18.2 Å². The topological polar surface area (TPSA) is 114 Å². The van der Waals surface area contributed by atoms with E-state index < -0.39 is 28.6 Å². The van der Waals surface area contributed by atoms with Gasteiger partial charge in [-0.05, 0) is 6.42 Å². The van der Waals surface area contributed by atoms with Crippen molar-refractivity contribution in [2.24, 2.45) is 16.7 Å². The highest BCUT2D eigenvalue weighted by Crippen LogP contribution is 2.62. The first-order valence-electron chi connectivity index (χ1n) is 6.58. The van der Waals surface area contributed by atoms with Crippen molar-refractivity contribution < 1.29 is 9.47 Å². The minimum absolute atomic E-state index is 0.336. The molecule has 6 nitrogen and oxygen atoms in total. The third kappa shape index (κ3) is 1.26. The van der Waals surface area contributed by atoms with Crippen molar-refractivity contribution >= 4 is 5.90 Å². The van der Waals surface area contributed by atoms with Gasteiger partial charge in [0.2, 0.25) is 11.7 Å². The molecule has 2 aliphatic rings. The van der Waals surface area contributed by atoms with Crippen LogP contribution in [0.3, 0.4) is 0 Å². The minimum atomic E-state index is -1.72. The fraction of sp³-hybridized carbons (Fsp3) is 0.714. The average molecular weight is 272 g/mol. The first kappa shape index (κ1) is 14.3.